The Morgan fingerprint density at radius 1 is 1.07 bits per heavy atom. The van der Waals surface area contributed by atoms with Gasteiger partial charge in [0.2, 0.25) is 16.0 Å². The number of hydrogen-bond acceptors (Lipinski definition) is 6. The van der Waals surface area contributed by atoms with Crippen LogP contribution in [0.1, 0.15) is 42.1 Å². The van der Waals surface area contributed by atoms with Crippen molar-refractivity contribution < 1.29 is 13.2 Å². The van der Waals surface area contributed by atoms with E-state index in [1.54, 1.807) is 12.1 Å². The van der Waals surface area contributed by atoms with Crippen LogP contribution in [0, 0.1) is 0 Å². The van der Waals surface area contributed by atoms with E-state index in [1.807, 2.05) is 0 Å². The highest BCUT2D eigenvalue weighted by Crippen LogP contribution is 2.09. The quantitative estimate of drug-likeness (QED) is 0.529. The zero-order chi connectivity index (χ0) is 19.7. The summed E-state index contributed by atoms with van der Waals surface area (Å²) in [7, 11) is -3.69. The van der Waals surface area contributed by atoms with Gasteiger partial charge in [-0.25, -0.2) is 23.5 Å². The number of rotatable bonds is 10. The normalized spacial score (nSPS) is 11.2. The van der Waals surface area contributed by atoms with E-state index in [0.717, 1.165) is 31.4 Å². The minimum atomic E-state index is -3.69. The van der Waals surface area contributed by atoms with Gasteiger partial charge in [0.15, 0.2) is 0 Å². The molecule has 0 bridgehead atoms. The number of primary sulfonamides is 1. The van der Waals surface area contributed by atoms with Crippen molar-refractivity contribution in [2.24, 2.45) is 5.14 Å². The Morgan fingerprint density at radius 2 is 1.74 bits per heavy atom. The fourth-order valence-corrected chi connectivity index (χ4v) is 2.90. The lowest BCUT2D eigenvalue weighted by molar-refractivity contribution is 0.0953. The number of anilines is 1. The maximum atomic E-state index is 12.1. The number of nitrogens with one attached hydrogen (secondary N) is 2. The number of sulfonamides is 1. The van der Waals surface area contributed by atoms with Gasteiger partial charge < -0.3 is 10.6 Å². The summed E-state index contributed by atoms with van der Waals surface area (Å²) in [4.78, 5) is 20.5. The Morgan fingerprint density at radius 3 is 2.33 bits per heavy atom. The molecular formula is C18H25N5O3S. The molecule has 1 heterocycles. The second-order valence-corrected chi connectivity index (χ2v) is 7.69. The molecular weight excluding hydrogens is 366 g/mol. The second-order valence-electron chi connectivity index (χ2n) is 6.12. The number of unbranched alkanes of at least 4 members (excludes halogenated alkanes) is 2. The summed E-state index contributed by atoms with van der Waals surface area (Å²) in [6.45, 7) is 3.36. The molecule has 1 aromatic heterocycles. The Labute approximate surface area is 159 Å². The summed E-state index contributed by atoms with van der Waals surface area (Å²) in [5.41, 5.74) is 1.28. The highest BCUT2D eigenvalue weighted by Gasteiger charge is 2.08. The summed E-state index contributed by atoms with van der Waals surface area (Å²) >= 11 is 0. The number of benzene rings is 1. The van der Waals surface area contributed by atoms with Crippen LogP contribution in [-0.2, 0) is 16.4 Å². The van der Waals surface area contributed by atoms with Crippen LogP contribution in [0.4, 0.5) is 5.95 Å². The van der Waals surface area contributed by atoms with Gasteiger partial charge in [0, 0.05) is 25.5 Å². The number of carbonyl (C=O) groups is 1. The number of carbonyl (C=O) groups excluding carboxylic acids is 1. The Balaban J connectivity index is 1.78. The van der Waals surface area contributed by atoms with Gasteiger partial charge in [0.1, 0.15) is 0 Å². The molecule has 0 saturated carbocycles. The molecule has 4 N–H and O–H groups in total. The molecule has 0 aliphatic heterocycles. The molecule has 0 spiro atoms. The van der Waals surface area contributed by atoms with E-state index < -0.39 is 10.0 Å². The number of nitrogens with two attached hydrogens (primary N) is 1. The molecule has 9 heteroatoms. The molecule has 0 atom stereocenters. The molecule has 8 nitrogen and oxygen atoms in total. The van der Waals surface area contributed by atoms with Gasteiger partial charge in [-0.2, -0.15) is 0 Å². The van der Waals surface area contributed by atoms with Crippen LogP contribution >= 0.6 is 0 Å². The van der Waals surface area contributed by atoms with E-state index in [2.05, 4.69) is 27.5 Å². The minimum Gasteiger partial charge on any atom is -0.354 e. The monoisotopic (exact) mass is 391 g/mol. The van der Waals surface area contributed by atoms with Crippen LogP contribution in [-0.4, -0.2) is 37.4 Å². The van der Waals surface area contributed by atoms with Gasteiger partial charge in [-0.3, -0.25) is 4.79 Å². The van der Waals surface area contributed by atoms with Crippen molar-refractivity contribution >= 4 is 21.9 Å². The molecule has 0 fully saturated rings. The molecule has 0 radical (unpaired) electrons. The first kappa shape index (κ1) is 20.8. The van der Waals surface area contributed by atoms with Crippen LogP contribution in [0.2, 0.25) is 0 Å². The number of nitrogens with zero attached hydrogens (tertiary/aromatic N) is 2. The summed E-state index contributed by atoms with van der Waals surface area (Å²) in [5, 5.41) is 11.0. The fraction of sp³-hybridized carbons (Fsp3) is 0.389. The third-order valence-corrected chi connectivity index (χ3v) is 4.86. The smallest absolute Gasteiger partial charge is 0.254 e. The first-order chi connectivity index (χ1) is 12.9. The topological polar surface area (TPSA) is 127 Å². The standard InChI is InChI=1S/C18H25N5O3S/c1-2-3-4-10-21-18-22-12-15(13-23-18)17(24)20-11-9-14-5-7-16(8-6-14)27(19,25)26/h5-8,12-13H,2-4,9-11H2,1H3,(H,20,24)(H2,19,25,26)(H,21,22,23). The van der Waals surface area contributed by atoms with Crippen molar-refractivity contribution in [3.63, 3.8) is 0 Å². The maximum absolute atomic E-state index is 12.1. The predicted molar refractivity (Wildman–Crippen MR) is 104 cm³/mol. The first-order valence-electron chi connectivity index (χ1n) is 8.86. The van der Waals surface area contributed by atoms with Crippen molar-refractivity contribution in [3.05, 3.63) is 47.8 Å². The van der Waals surface area contributed by atoms with Gasteiger partial charge in [0.25, 0.3) is 5.91 Å². The Kier molecular flexibility index (Phi) is 7.68. The van der Waals surface area contributed by atoms with Crippen molar-refractivity contribution in [1.82, 2.24) is 15.3 Å². The summed E-state index contributed by atoms with van der Waals surface area (Å²) in [6, 6.07) is 6.25. The molecule has 27 heavy (non-hydrogen) atoms. The van der Waals surface area contributed by atoms with E-state index in [-0.39, 0.29) is 10.8 Å². The van der Waals surface area contributed by atoms with E-state index in [1.165, 1.54) is 24.5 Å². The van der Waals surface area contributed by atoms with E-state index in [0.29, 0.717) is 24.5 Å². The molecule has 2 aromatic rings. The number of aromatic nitrogens is 2. The van der Waals surface area contributed by atoms with E-state index in [4.69, 9.17) is 5.14 Å². The van der Waals surface area contributed by atoms with Gasteiger partial charge in [-0.15, -0.1) is 0 Å². The van der Waals surface area contributed by atoms with E-state index in [9.17, 15) is 13.2 Å². The van der Waals surface area contributed by atoms with Crippen molar-refractivity contribution in [2.75, 3.05) is 18.4 Å². The Hall–Kier alpha value is -2.52. The molecule has 2 rings (SSSR count). The zero-order valence-corrected chi connectivity index (χ0v) is 16.1. The first-order valence-corrected chi connectivity index (χ1v) is 10.4. The lowest BCUT2D eigenvalue weighted by atomic mass is 10.1. The van der Waals surface area contributed by atoms with Crippen LogP contribution < -0.4 is 15.8 Å². The number of hydrogen-bond donors (Lipinski definition) is 3. The van der Waals surface area contributed by atoms with Gasteiger partial charge in [-0.05, 0) is 30.5 Å². The van der Waals surface area contributed by atoms with Crippen LogP contribution in [0.3, 0.4) is 0 Å². The molecule has 0 unspecified atom stereocenters. The number of amides is 1. The predicted octanol–water partition coefficient (Wildman–Crippen LogP) is 1.70. The van der Waals surface area contributed by atoms with Crippen molar-refractivity contribution in [3.8, 4) is 0 Å². The summed E-state index contributed by atoms with van der Waals surface area (Å²) in [6.07, 6.45) is 6.90. The zero-order valence-electron chi connectivity index (χ0n) is 15.3. The molecule has 0 aliphatic carbocycles. The van der Waals surface area contributed by atoms with Crippen LogP contribution in [0.15, 0.2) is 41.6 Å². The highest BCUT2D eigenvalue weighted by atomic mass is 32.2. The van der Waals surface area contributed by atoms with Crippen LogP contribution in [0.5, 0.6) is 0 Å². The lowest BCUT2D eigenvalue weighted by Gasteiger charge is -2.07. The minimum absolute atomic E-state index is 0.0656. The van der Waals surface area contributed by atoms with Crippen molar-refractivity contribution in [1.29, 1.82) is 0 Å². The SMILES string of the molecule is CCCCCNc1ncc(C(=O)NCCc2ccc(S(N)(=O)=O)cc2)cn1. The fourth-order valence-electron chi connectivity index (χ4n) is 2.38. The molecule has 0 saturated heterocycles. The molecule has 146 valence electrons. The second kappa shape index (κ2) is 9.98. The van der Waals surface area contributed by atoms with Gasteiger partial charge in [-0.1, -0.05) is 31.9 Å². The average molecular weight is 391 g/mol. The third kappa shape index (κ3) is 6.95. The van der Waals surface area contributed by atoms with Crippen molar-refractivity contribution in [2.45, 2.75) is 37.5 Å². The molecule has 1 amide bonds. The maximum Gasteiger partial charge on any atom is 0.254 e. The summed E-state index contributed by atoms with van der Waals surface area (Å²) < 4.78 is 22.4. The van der Waals surface area contributed by atoms with E-state index >= 15 is 0 Å². The summed E-state index contributed by atoms with van der Waals surface area (Å²) in [5.74, 6) is 0.256. The van der Waals surface area contributed by atoms with Gasteiger partial charge >= 0.3 is 0 Å². The molecule has 1 aromatic carbocycles. The largest absolute Gasteiger partial charge is 0.354 e. The average Bonchev–Trinajstić information content (AvgIpc) is 2.65. The lowest BCUT2D eigenvalue weighted by Crippen LogP contribution is -2.26. The van der Waals surface area contributed by atoms with Gasteiger partial charge in [0.05, 0.1) is 10.5 Å². The van der Waals surface area contributed by atoms with Crippen LogP contribution in [0.25, 0.3) is 0 Å². The highest BCUT2D eigenvalue weighted by molar-refractivity contribution is 7.89. The third-order valence-electron chi connectivity index (χ3n) is 3.93. The molecule has 0 aliphatic rings. The Bertz CT molecular complexity index is 836.